The molecule has 0 spiro atoms. The van der Waals surface area contributed by atoms with Crippen molar-refractivity contribution >= 4 is 0 Å². The Labute approximate surface area is 135 Å². The lowest BCUT2D eigenvalue weighted by Crippen LogP contribution is -1.98. The van der Waals surface area contributed by atoms with Gasteiger partial charge >= 0.3 is 0 Å². The number of hydrogen-bond donors (Lipinski definition) is 0. The molecule has 2 nitrogen and oxygen atoms in total. The van der Waals surface area contributed by atoms with Gasteiger partial charge in [-0.2, -0.15) is 0 Å². The van der Waals surface area contributed by atoms with Gasteiger partial charge in [-0.3, -0.25) is 4.98 Å². The van der Waals surface area contributed by atoms with Crippen LogP contribution in [0.3, 0.4) is 0 Å². The number of hydrogen-bond acceptors (Lipinski definition) is 2. The van der Waals surface area contributed by atoms with Gasteiger partial charge in [0.15, 0.2) is 0 Å². The molecule has 0 N–H and O–H groups in total. The minimum absolute atomic E-state index is 0.248. The number of pyridine rings is 1. The molecule has 3 aromatic rings. The average molecular weight is 307 g/mol. The van der Waals surface area contributed by atoms with E-state index in [2.05, 4.69) is 11.1 Å². The predicted molar refractivity (Wildman–Crippen MR) is 89.9 cm³/mol. The first kappa shape index (κ1) is 15.2. The Balaban J connectivity index is 1.79. The van der Waals surface area contributed by atoms with Crippen molar-refractivity contribution in [1.82, 2.24) is 4.98 Å². The van der Waals surface area contributed by atoms with Gasteiger partial charge in [0.25, 0.3) is 0 Å². The zero-order valence-electron chi connectivity index (χ0n) is 13.2. The van der Waals surface area contributed by atoms with Crippen molar-refractivity contribution in [1.29, 1.82) is 0 Å². The molecule has 0 aliphatic rings. The van der Waals surface area contributed by atoms with Gasteiger partial charge in [0.05, 0.1) is 0 Å². The van der Waals surface area contributed by atoms with E-state index in [-0.39, 0.29) is 5.82 Å². The van der Waals surface area contributed by atoms with E-state index in [1.54, 1.807) is 24.5 Å². The molecule has 0 fully saturated rings. The maximum atomic E-state index is 13.9. The predicted octanol–water partition coefficient (Wildman–Crippen LogP) is 5.08. The number of aromatic nitrogens is 1. The molecule has 0 bridgehead atoms. The van der Waals surface area contributed by atoms with Crippen LogP contribution in [0.25, 0.3) is 11.1 Å². The van der Waals surface area contributed by atoms with E-state index in [1.807, 2.05) is 38.1 Å². The van der Waals surface area contributed by atoms with Crippen LogP contribution in [0.1, 0.15) is 16.7 Å². The number of aryl methyl sites for hydroxylation is 2. The Kier molecular flexibility index (Phi) is 4.38. The third-order valence-corrected chi connectivity index (χ3v) is 3.58. The zero-order chi connectivity index (χ0) is 16.2. The van der Waals surface area contributed by atoms with Crippen LogP contribution in [0.2, 0.25) is 0 Å². The highest BCUT2D eigenvalue weighted by atomic mass is 19.1. The van der Waals surface area contributed by atoms with Crippen LogP contribution in [0.4, 0.5) is 4.39 Å². The van der Waals surface area contributed by atoms with Crippen LogP contribution in [0, 0.1) is 19.7 Å². The highest BCUT2D eigenvalue weighted by Crippen LogP contribution is 2.23. The van der Waals surface area contributed by atoms with Crippen LogP contribution >= 0.6 is 0 Å². The quantitative estimate of drug-likeness (QED) is 0.670. The van der Waals surface area contributed by atoms with Crippen LogP contribution < -0.4 is 4.74 Å². The summed E-state index contributed by atoms with van der Waals surface area (Å²) in [6.07, 6.45) is 3.41. The van der Waals surface area contributed by atoms with Crippen molar-refractivity contribution in [3.63, 3.8) is 0 Å². The molecule has 1 aromatic heterocycles. The lowest BCUT2D eigenvalue weighted by molar-refractivity contribution is 0.305. The van der Waals surface area contributed by atoms with E-state index in [0.29, 0.717) is 12.2 Å². The number of benzene rings is 2. The molecule has 1 heterocycles. The Morgan fingerprint density at radius 1 is 0.957 bits per heavy atom. The van der Waals surface area contributed by atoms with Gasteiger partial charge in [-0.25, -0.2) is 4.39 Å². The standard InChI is InChI=1S/C20H18FNO/c1-14-7-15(2)9-18(8-14)23-13-16-10-17(12-22-11-16)19-5-3-4-6-20(19)21/h3-12H,13H2,1-2H3. The fraction of sp³-hybridized carbons (Fsp3) is 0.150. The monoisotopic (exact) mass is 307 g/mol. The molecule has 0 saturated carbocycles. The first-order chi connectivity index (χ1) is 11.1. The molecule has 0 aliphatic carbocycles. The maximum Gasteiger partial charge on any atom is 0.131 e. The summed E-state index contributed by atoms with van der Waals surface area (Å²) in [5.41, 5.74) is 4.54. The molecule has 3 rings (SSSR count). The summed E-state index contributed by atoms with van der Waals surface area (Å²) in [4.78, 5) is 4.20. The van der Waals surface area contributed by atoms with Crippen LogP contribution in [-0.4, -0.2) is 4.98 Å². The zero-order valence-corrected chi connectivity index (χ0v) is 13.2. The third-order valence-electron chi connectivity index (χ3n) is 3.58. The summed E-state index contributed by atoms with van der Waals surface area (Å²) in [5.74, 6) is 0.584. The van der Waals surface area contributed by atoms with Gasteiger partial charge in [0.2, 0.25) is 0 Å². The average Bonchev–Trinajstić information content (AvgIpc) is 2.53. The molecule has 2 aromatic carbocycles. The fourth-order valence-corrected chi connectivity index (χ4v) is 2.59. The molecular formula is C20H18FNO. The van der Waals surface area contributed by atoms with E-state index in [9.17, 15) is 4.39 Å². The van der Waals surface area contributed by atoms with Crippen molar-refractivity contribution in [3.8, 4) is 16.9 Å². The summed E-state index contributed by atoms with van der Waals surface area (Å²) in [7, 11) is 0. The molecular weight excluding hydrogens is 289 g/mol. The van der Waals surface area contributed by atoms with Crippen molar-refractivity contribution in [2.45, 2.75) is 20.5 Å². The summed E-state index contributed by atoms with van der Waals surface area (Å²) in [6.45, 7) is 4.48. The molecule has 0 unspecified atom stereocenters. The minimum atomic E-state index is -0.248. The van der Waals surface area contributed by atoms with Crippen LogP contribution in [-0.2, 0) is 6.61 Å². The Morgan fingerprint density at radius 2 is 1.70 bits per heavy atom. The molecule has 23 heavy (non-hydrogen) atoms. The molecule has 0 saturated heterocycles. The Morgan fingerprint density at radius 3 is 2.43 bits per heavy atom. The number of ether oxygens (including phenoxy) is 1. The smallest absolute Gasteiger partial charge is 0.131 e. The first-order valence-electron chi connectivity index (χ1n) is 7.52. The largest absolute Gasteiger partial charge is 0.489 e. The van der Waals surface area contributed by atoms with Gasteiger partial charge < -0.3 is 4.74 Å². The fourth-order valence-electron chi connectivity index (χ4n) is 2.59. The van der Waals surface area contributed by atoms with E-state index in [0.717, 1.165) is 16.9 Å². The number of nitrogens with zero attached hydrogens (tertiary/aromatic N) is 1. The van der Waals surface area contributed by atoms with Crippen LogP contribution in [0.15, 0.2) is 60.9 Å². The summed E-state index contributed by atoms with van der Waals surface area (Å²) < 4.78 is 19.7. The Hall–Kier alpha value is -2.68. The maximum absolute atomic E-state index is 13.9. The second kappa shape index (κ2) is 6.61. The van der Waals surface area contributed by atoms with E-state index < -0.39 is 0 Å². The molecule has 0 atom stereocenters. The summed E-state index contributed by atoms with van der Waals surface area (Å²) in [5, 5.41) is 0. The van der Waals surface area contributed by atoms with Crippen molar-refractivity contribution < 1.29 is 9.13 Å². The molecule has 116 valence electrons. The number of rotatable bonds is 4. The molecule has 0 aliphatic heterocycles. The van der Waals surface area contributed by atoms with Gasteiger partial charge in [0, 0.05) is 29.1 Å². The first-order valence-corrected chi connectivity index (χ1v) is 7.52. The molecule has 0 amide bonds. The van der Waals surface area contributed by atoms with Crippen molar-refractivity contribution in [3.05, 3.63) is 83.4 Å². The van der Waals surface area contributed by atoms with E-state index >= 15 is 0 Å². The van der Waals surface area contributed by atoms with Gasteiger partial charge in [-0.15, -0.1) is 0 Å². The van der Waals surface area contributed by atoms with E-state index in [4.69, 9.17) is 4.74 Å². The van der Waals surface area contributed by atoms with Gasteiger partial charge in [-0.1, -0.05) is 24.3 Å². The third kappa shape index (κ3) is 3.75. The van der Waals surface area contributed by atoms with E-state index in [1.165, 1.54) is 17.2 Å². The summed E-state index contributed by atoms with van der Waals surface area (Å²) in [6, 6.07) is 14.7. The second-order valence-corrected chi connectivity index (χ2v) is 5.67. The second-order valence-electron chi connectivity index (χ2n) is 5.67. The molecule has 0 radical (unpaired) electrons. The lowest BCUT2D eigenvalue weighted by atomic mass is 10.1. The SMILES string of the molecule is Cc1cc(C)cc(OCc2cncc(-c3ccccc3F)c2)c1. The number of halogens is 1. The van der Waals surface area contributed by atoms with Crippen molar-refractivity contribution in [2.24, 2.45) is 0 Å². The lowest BCUT2D eigenvalue weighted by Gasteiger charge is -2.09. The minimum Gasteiger partial charge on any atom is -0.489 e. The summed E-state index contributed by atoms with van der Waals surface area (Å²) >= 11 is 0. The van der Waals surface area contributed by atoms with Gasteiger partial charge in [-0.05, 0) is 49.2 Å². The van der Waals surface area contributed by atoms with Gasteiger partial charge in [0.1, 0.15) is 18.2 Å². The Bertz CT molecular complexity index is 809. The van der Waals surface area contributed by atoms with Crippen LogP contribution in [0.5, 0.6) is 5.75 Å². The molecule has 3 heteroatoms. The highest BCUT2D eigenvalue weighted by molar-refractivity contribution is 5.63. The van der Waals surface area contributed by atoms with Crippen molar-refractivity contribution in [2.75, 3.05) is 0 Å². The topological polar surface area (TPSA) is 22.1 Å². The normalized spacial score (nSPS) is 10.6. The highest BCUT2D eigenvalue weighted by Gasteiger charge is 2.06.